The van der Waals surface area contributed by atoms with Gasteiger partial charge in [0, 0.05) is 18.5 Å². The summed E-state index contributed by atoms with van der Waals surface area (Å²) >= 11 is 0. The van der Waals surface area contributed by atoms with Crippen LogP contribution >= 0.6 is 0 Å². The largest absolute Gasteiger partial charge is 0.497 e. The first kappa shape index (κ1) is 10.3. The molecule has 1 aliphatic rings. The average molecular weight is 229 g/mol. The number of ether oxygens (including phenoxy) is 1. The number of nitrogens with zero attached hydrogens (tertiary/aromatic N) is 3. The van der Waals surface area contributed by atoms with Gasteiger partial charge in [-0.15, -0.1) is 0 Å². The molecule has 1 aliphatic heterocycles. The van der Waals surface area contributed by atoms with Crippen LogP contribution in [0.2, 0.25) is 0 Å². The predicted molar refractivity (Wildman–Crippen MR) is 67.5 cm³/mol. The number of hydrogen-bond donors (Lipinski definition) is 0. The van der Waals surface area contributed by atoms with Crippen LogP contribution in [0.15, 0.2) is 24.5 Å². The third-order valence-corrected chi connectivity index (χ3v) is 3.23. The summed E-state index contributed by atoms with van der Waals surface area (Å²) < 4.78 is 5.27. The minimum atomic E-state index is 0.854. The van der Waals surface area contributed by atoms with E-state index >= 15 is 0 Å². The molecule has 0 bridgehead atoms. The molecule has 0 spiro atoms. The molecule has 1 saturated heterocycles. The molecule has 1 aromatic heterocycles. The molecule has 0 radical (unpaired) electrons. The molecule has 17 heavy (non-hydrogen) atoms. The van der Waals surface area contributed by atoms with Gasteiger partial charge in [-0.2, -0.15) is 0 Å². The molecule has 2 aromatic rings. The van der Waals surface area contributed by atoms with Gasteiger partial charge in [0.25, 0.3) is 0 Å². The first-order chi connectivity index (χ1) is 8.38. The van der Waals surface area contributed by atoms with Crippen molar-refractivity contribution in [2.75, 3.05) is 25.1 Å². The van der Waals surface area contributed by atoms with Crippen molar-refractivity contribution >= 4 is 16.7 Å². The summed E-state index contributed by atoms with van der Waals surface area (Å²) in [4.78, 5) is 11.0. The average Bonchev–Trinajstić information content (AvgIpc) is 2.91. The summed E-state index contributed by atoms with van der Waals surface area (Å²) in [5.74, 6) is 1.89. The van der Waals surface area contributed by atoms with E-state index in [4.69, 9.17) is 4.74 Å². The van der Waals surface area contributed by atoms with Gasteiger partial charge in [0.05, 0.1) is 12.6 Å². The highest BCUT2D eigenvalue weighted by molar-refractivity contribution is 5.90. The Morgan fingerprint density at radius 2 is 2.00 bits per heavy atom. The fourth-order valence-electron chi connectivity index (χ4n) is 2.33. The fraction of sp³-hybridized carbons (Fsp3) is 0.385. The lowest BCUT2D eigenvalue weighted by molar-refractivity contribution is 0.415. The van der Waals surface area contributed by atoms with Crippen molar-refractivity contribution in [1.82, 2.24) is 9.97 Å². The van der Waals surface area contributed by atoms with E-state index in [-0.39, 0.29) is 0 Å². The number of fused-ring (bicyclic) bond motifs is 1. The Hall–Kier alpha value is -1.84. The van der Waals surface area contributed by atoms with E-state index < -0.39 is 0 Å². The zero-order valence-corrected chi connectivity index (χ0v) is 9.89. The Kier molecular flexibility index (Phi) is 2.55. The lowest BCUT2D eigenvalue weighted by Crippen LogP contribution is -2.19. The Labute approximate surface area is 100 Å². The zero-order chi connectivity index (χ0) is 11.7. The van der Waals surface area contributed by atoms with Crippen molar-refractivity contribution in [2.45, 2.75) is 12.8 Å². The Morgan fingerprint density at radius 3 is 2.76 bits per heavy atom. The molecule has 1 aromatic carbocycles. The van der Waals surface area contributed by atoms with Gasteiger partial charge in [0.15, 0.2) is 0 Å². The maximum atomic E-state index is 5.27. The smallest absolute Gasteiger partial charge is 0.140 e. The zero-order valence-electron chi connectivity index (χ0n) is 9.89. The first-order valence-corrected chi connectivity index (χ1v) is 5.92. The maximum Gasteiger partial charge on any atom is 0.140 e. The molecule has 0 aliphatic carbocycles. The summed E-state index contributed by atoms with van der Waals surface area (Å²) in [5, 5.41) is 1.08. The van der Waals surface area contributed by atoms with Gasteiger partial charge in [-0.3, -0.25) is 0 Å². The second-order valence-electron chi connectivity index (χ2n) is 4.27. The van der Waals surface area contributed by atoms with Crippen LogP contribution in [0.25, 0.3) is 10.9 Å². The van der Waals surface area contributed by atoms with Crippen LogP contribution < -0.4 is 9.64 Å². The normalized spacial score (nSPS) is 15.5. The van der Waals surface area contributed by atoms with Gasteiger partial charge in [-0.25, -0.2) is 9.97 Å². The van der Waals surface area contributed by atoms with Crippen LogP contribution in [0, 0.1) is 0 Å². The molecule has 88 valence electrons. The molecule has 0 N–H and O–H groups in total. The van der Waals surface area contributed by atoms with E-state index in [1.807, 2.05) is 18.2 Å². The Bertz CT molecular complexity index is 535. The number of methoxy groups -OCH3 is 1. The molecule has 4 heteroatoms. The van der Waals surface area contributed by atoms with Crippen LogP contribution in [0.5, 0.6) is 5.75 Å². The van der Waals surface area contributed by atoms with Gasteiger partial charge >= 0.3 is 0 Å². The highest BCUT2D eigenvalue weighted by Crippen LogP contribution is 2.28. The summed E-state index contributed by atoms with van der Waals surface area (Å²) in [6, 6.07) is 5.93. The van der Waals surface area contributed by atoms with Gasteiger partial charge in [-0.1, -0.05) is 0 Å². The fourth-order valence-corrected chi connectivity index (χ4v) is 2.33. The molecule has 0 unspecified atom stereocenters. The van der Waals surface area contributed by atoms with Crippen molar-refractivity contribution < 1.29 is 4.74 Å². The monoisotopic (exact) mass is 229 g/mol. The van der Waals surface area contributed by atoms with Crippen LogP contribution in [0.3, 0.4) is 0 Å². The van der Waals surface area contributed by atoms with Gasteiger partial charge in [-0.05, 0) is 31.0 Å². The molecular formula is C13H15N3O. The topological polar surface area (TPSA) is 38.3 Å². The molecule has 0 saturated carbocycles. The minimum absolute atomic E-state index is 0.854. The van der Waals surface area contributed by atoms with Crippen LogP contribution in [-0.4, -0.2) is 30.2 Å². The van der Waals surface area contributed by atoms with Crippen LogP contribution in [0.4, 0.5) is 5.82 Å². The molecule has 3 rings (SSSR count). The summed E-state index contributed by atoms with van der Waals surface area (Å²) in [5.41, 5.74) is 0.975. The van der Waals surface area contributed by atoms with Crippen molar-refractivity contribution in [3.8, 4) is 5.75 Å². The number of benzene rings is 1. The van der Waals surface area contributed by atoms with Crippen molar-refractivity contribution in [3.63, 3.8) is 0 Å². The summed E-state index contributed by atoms with van der Waals surface area (Å²) in [7, 11) is 1.68. The highest BCUT2D eigenvalue weighted by atomic mass is 16.5. The Morgan fingerprint density at radius 1 is 1.18 bits per heavy atom. The standard InChI is InChI=1S/C13H15N3O/c1-17-10-4-5-12-11(8-10)13(15-9-14-12)16-6-2-3-7-16/h4-5,8-9H,2-3,6-7H2,1H3. The predicted octanol–water partition coefficient (Wildman–Crippen LogP) is 2.24. The number of anilines is 1. The first-order valence-electron chi connectivity index (χ1n) is 5.92. The van der Waals surface area contributed by atoms with Crippen molar-refractivity contribution in [2.24, 2.45) is 0 Å². The third-order valence-electron chi connectivity index (χ3n) is 3.23. The molecule has 4 nitrogen and oxygen atoms in total. The van der Waals surface area contributed by atoms with Crippen molar-refractivity contribution in [3.05, 3.63) is 24.5 Å². The number of hydrogen-bond acceptors (Lipinski definition) is 4. The van der Waals surface area contributed by atoms with E-state index in [2.05, 4.69) is 14.9 Å². The minimum Gasteiger partial charge on any atom is -0.497 e. The van der Waals surface area contributed by atoms with Crippen LogP contribution in [-0.2, 0) is 0 Å². The lowest BCUT2D eigenvalue weighted by Gasteiger charge is -2.18. The number of aromatic nitrogens is 2. The van der Waals surface area contributed by atoms with Gasteiger partial charge in [0.2, 0.25) is 0 Å². The second kappa shape index (κ2) is 4.20. The van der Waals surface area contributed by atoms with E-state index in [0.29, 0.717) is 0 Å². The van der Waals surface area contributed by atoms with E-state index in [9.17, 15) is 0 Å². The number of rotatable bonds is 2. The molecule has 0 amide bonds. The van der Waals surface area contributed by atoms with Crippen molar-refractivity contribution in [1.29, 1.82) is 0 Å². The van der Waals surface area contributed by atoms with Gasteiger partial charge < -0.3 is 9.64 Å². The van der Waals surface area contributed by atoms with Crippen LogP contribution in [0.1, 0.15) is 12.8 Å². The van der Waals surface area contributed by atoms with E-state index in [0.717, 1.165) is 35.6 Å². The lowest BCUT2D eigenvalue weighted by atomic mass is 10.2. The molecule has 1 fully saturated rings. The molecule has 2 heterocycles. The SMILES string of the molecule is COc1ccc2ncnc(N3CCCC3)c2c1. The molecular weight excluding hydrogens is 214 g/mol. The van der Waals surface area contributed by atoms with E-state index in [1.54, 1.807) is 13.4 Å². The molecule has 0 atom stereocenters. The second-order valence-corrected chi connectivity index (χ2v) is 4.27. The summed E-state index contributed by atoms with van der Waals surface area (Å²) in [6.07, 6.45) is 4.13. The van der Waals surface area contributed by atoms with Gasteiger partial charge in [0.1, 0.15) is 17.9 Å². The quantitative estimate of drug-likeness (QED) is 0.791. The maximum absolute atomic E-state index is 5.27. The Balaban J connectivity index is 2.15. The van der Waals surface area contributed by atoms with E-state index in [1.165, 1.54) is 12.8 Å². The summed E-state index contributed by atoms with van der Waals surface area (Å²) in [6.45, 7) is 2.17. The highest BCUT2D eigenvalue weighted by Gasteiger charge is 2.16. The third kappa shape index (κ3) is 1.79.